The van der Waals surface area contributed by atoms with Crippen molar-refractivity contribution in [2.24, 2.45) is 0 Å². The number of ketones is 1. The lowest BCUT2D eigenvalue weighted by atomic mass is 10.0. The molecule has 1 atom stereocenters. The first-order valence-corrected chi connectivity index (χ1v) is 5.65. The van der Waals surface area contributed by atoms with Gasteiger partial charge in [0.15, 0.2) is 5.78 Å². The molecular formula is C13H17NO2. The molecule has 1 saturated carbocycles. The summed E-state index contributed by atoms with van der Waals surface area (Å²) in [6.45, 7) is 1.91. The Morgan fingerprint density at radius 3 is 2.75 bits per heavy atom. The number of ether oxygens (including phenoxy) is 1. The van der Waals surface area contributed by atoms with E-state index in [-0.39, 0.29) is 11.8 Å². The van der Waals surface area contributed by atoms with E-state index in [1.54, 1.807) is 7.11 Å². The highest BCUT2D eigenvalue weighted by Crippen LogP contribution is 2.22. The minimum atomic E-state index is -0.135. The van der Waals surface area contributed by atoms with Crippen molar-refractivity contribution in [3.63, 3.8) is 0 Å². The van der Waals surface area contributed by atoms with Crippen LogP contribution in [-0.2, 0) is 0 Å². The molecule has 16 heavy (non-hydrogen) atoms. The molecule has 2 rings (SSSR count). The summed E-state index contributed by atoms with van der Waals surface area (Å²) in [5, 5.41) is 3.30. The van der Waals surface area contributed by atoms with Crippen LogP contribution >= 0.6 is 0 Å². The summed E-state index contributed by atoms with van der Waals surface area (Å²) in [5.74, 6) is 0.751. The molecular weight excluding hydrogens is 202 g/mol. The number of benzene rings is 1. The molecule has 1 N–H and O–H groups in total. The van der Waals surface area contributed by atoms with Gasteiger partial charge in [-0.25, -0.2) is 0 Å². The topological polar surface area (TPSA) is 38.3 Å². The highest BCUT2D eigenvalue weighted by molar-refractivity contribution is 6.02. The minimum Gasteiger partial charge on any atom is -0.496 e. The first-order chi connectivity index (χ1) is 7.72. The van der Waals surface area contributed by atoms with Crippen LogP contribution in [-0.4, -0.2) is 25.0 Å². The van der Waals surface area contributed by atoms with Gasteiger partial charge in [0.1, 0.15) is 5.75 Å². The molecule has 1 unspecified atom stereocenters. The quantitative estimate of drug-likeness (QED) is 0.770. The maximum absolute atomic E-state index is 12.1. The van der Waals surface area contributed by atoms with E-state index in [0.29, 0.717) is 17.4 Å². The number of para-hydroxylation sites is 1. The number of nitrogens with one attached hydrogen (secondary N) is 1. The highest BCUT2D eigenvalue weighted by atomic mass is 16.5. The normalized spacial score (nSPS) is 16.9. The summed E-state index contributed by atoms with van der Waals surface area (Å²) in [4.78, 5) is 12.1. The Balaban J connectivity index is 2.11. The molecule has 1 aliphatic carbocycles. The molecule has 1 aromatic rings. The SMILES string of the molecule is COc1ccccc1C(=O)C(C)NC1CC1. The third kappa shape index (κ3) is 2.42. The second-order valence-electron chi connectivity index (χ2n) is 4.23. The second-order valence-corrected chi connectivity index (χ2v) is 4.23. The Morgan fingerprint density at radius 2 is 2.12 bits per heavy atom. The van der Waals surface area contributed by atoms with E-state index in [2.05, 4.69) is 5.32 Å². The van der Waals surface area contributed by atoms with Gasteiger partial charge in [0, 0.05) is 6.04 Å². The van der Waals surface area contributed by atoms with E-state index in [4.69, 9.17) is 4.74 Å². The van der Waals surface area contributed by atoms with Crippen molar-refractivity contribution >= 4 is 5.78 Å². The second kappa shape index (κ2) is 4.66. The van der Waals surface area contributed by atoms with Gasteiger partial charge >= 0.3 is 0 Å². The summed E-state index contributed by atoms with van der Waals surface area (Å²) in [5.41, 5.74) is 0.658. The largest absolute Gasteiger partial charge is 0.496 e. The molecule has 1 aromatic carbocycles. The molecule has 0 heterocycles. The van der Waals surface area contributed by atoms with Gasteiger partial charge in [-0.1, -0.05) is 12.1 Å². The number of hydrogen-bond donors (Lipinski definition) is 1. The van der Waals surface area contributed by atoms with Crippen LogP contribution in [0.5, 0.6) is 5.75 Å². The maximum Gasteiger partial charge on any atom is 0.183 e. The molecule has 0 aromatic heterocycles. The first kappa shape index (κ1) is 11.1. The van der Waals surface area contributed by atoms with E-state index in [9.17, 15) is 4.79 Å². The maximum atomic E-state index is 12.1. The zero-order valence-corrected chi connectivity index (χ0v) is 9.69. The summed E-state index contributed by atoms with van der Waals surface area (Å²) in [6.07, 6.45) is 2.37. The standard InChI is InChI=1S/C13H17NO2/c1-9(14-10-7-8-10)13(15)11-5-3-4-6-12(11)16-2/h3-6,9-10,14H,7-8H2,1-2H3. The van der Waals surface area contributed by atoms with E-state index in [1.807, 2.05) is 31.2 Å². The molecule has 0 amide bonds. The highest BCUT2D eigenvalue weighted by Gasteiger charge is 2.27. The molecule has 0 bridgehead atoms. The Kier molecular flexibility index (Phi) is 3.25. The molecule has 0 aliphatic heterocycles. The molecule has 0 spiro atoms. The van der Waals surface area contributed by atoms with Crippen molar-refractivity contribution in [1.82, 2.24) is 5.32 Å². The fraction of sp³-hybridized carbons (Fsp3) is 0.462. The number of carbonyl (C=O) groups is 1. The number of rotatable bonds is 5. The van der Waals surface area contributed by atoms with Crippen molar-refractivity contribution < 1.29 is 9.53 Å². The average molecular weight is 219 g/mol. The Labute approximate surface area is 95.8 Å². The van der Waals surface area contributed by atoms with Crippen LogP contribution in [0.4, 0.5) is 0 Å². The zero-order chi connectivity index (χ0) is 11.5. The predicted octanol–water partition coefficient (Wildman–Crippen LogP) is 2.02. The van der Waals surface area contributed by atoms with Gasteiger partial charge in [-0.2, -0.15) is 0 Å². The van der Waals surface area contributed by atoms with Gasteiger partial charge in [0.05, 0.1) is 18.7 Å². The first-order valence-electron chi connectivity index (χ1n) is 5.65. The predicted molar refractivity (Wildman–Crippen MR) is 62.9 cm³/mol. The van der Waals surface area contributed by atoms with Crippen LogP contribution in [0.2, 0.25) is 0 Å². The van der Waals surface area contributed by atoms with Crippen molar-refractivity contribution in [3.8, 4) is 5.75 Å². The molecule has 1 fully saturated rings. The Bertz CT molecular complexity index is 385. The number of methoxy groups -OCH3 is 1. The smallest absolute Gasteiger partial charge is 0.183 e. The fourth-order valence-corrected chi connectivity index (χ4v) is 1.76. The van der Waals surface area contributed by atoms with Crippen LogP contribution in [0.25, 0.3) is 0 Å². The van der Waals surface area contributed by atoms with Crippen LogP contribution in [0.1, 0.15) is 30.1 Å². The molecule has 0 saturated heterocycles. The van der Waals surface area contributed by atoms with Gasteiger partial charge in [0.2, 0.25) is 0 Å². The minimum absolute atomic E-state index is 0.101. The Morgan fingerprint density at radius 1 is 1.44 bits per heavy atom. The zero-order valence-electron chi connectivity index (χ0n) is 9.69. The summed E-state index contributed by atoms with van der Waals surface area (Å²) in [6, 6.07) is 7.76. The van der Waals surface area contributed by atoms with E-state index in [0.717, 1.165) is 0 Å². The van der Waals surface area contributed by atoms with Gasteiger partial charge in [-0.05, 0) is 31.9 Å². The molecule has 3 nitrogen and oxygen atoms in total. The van der Waals surface area contributed by atoms with Crippen LogP contribution in [0.15, 0.2) is 24.3 Å². The summed E-state index contributed by atoms with van der Waals surface area (Å²) >= 11 is 0. The average Bonchev–Trinajstić information content (AvgIpc) is 3.11. The number of Topliss-reactive ketones (excluding diaryl/α,β-unsaturated/α-hetero) is 1. The molecule has 1 aliphatic rings. The lowest BCUT2D eigenvalue weighted by Crippen LogP contribution is -2.35. The van der Waals surface area contributed by atoms with Crippen LogP contribution < -0.4 is 10.1 Å². The molecule has 3 heteroatoms. The van der Waals surface area contributed by atoms with Crippen LogP contribution in [0.3, 0.4) is 0 Å². The monoisotopic (exact) mass is 219 g/mol. The van der Waals surface area contributed by atoms with Crippen LogP contribution in [0, 0.1) is 0 Å². The Hall–Kier alpha value is -1.35. The lowest BCUT2D eigenvalue weighted by Gasteiger charge is -2.14. The molecule has 0 radical (unpaired) electrons. The van der Waals surface area contributed by atoms with E-state index >= 15 is 0 Å². The summed E-state index contributed by atoms with van der Waals surface area (Å²) in [7, 11) is 1.59. The van der Waals surface area contributed by atoms with E-state index in [1.165, 1.54) is 12.8 Å². The third-order valence-electron chi connectivity index (χ3n) is 2.83. The van der Waals surface area contributed by atoms with Gasteiger partial charge in [-0.3, -0.25) is 4.79 Å². The van der Waals surface area contributed by atoms with Crippen molar-refractivity contribution in [2.75, 3.05) is 7.11 Å². The van der Waals surface area contributed by atoms with Gasteiger partial charge < -0.3 is 10.1 Å². The van der Waals surface area contributed by atoms with Crippen molar-refractivity contribution in [1.29, 1.82) is 0 Å². The van der Waals surface area contributed by atoms with E-state index < -0.39 is 0 Å². The van der Waals surface area contributed by atoms with Crippen molar-refractivity contribution in [3.05, 3.63) is 29.8 Å². The number of carbonyl (C=O) groups excluding carboxylic acids is 1. The van der Waals surface area contributed by atoms with Crippen molar-refractivity contribution in [2.45, 2.75) is 31.8 Å². The number of hydrogen-bond acceptors (Lipinski definition) is 3. The van der Waals surface area contributed by atoms with Gasteiger partial charge in [-0.15, -0.1) is 0 Å². The fourth-order valence-electron chi connectivity index (χ4n) is 1.76. The summed E-state index contributed by atoms with van der Waals surface area (Å²) < 4.78 is 5.19. The molecule has 86 valence electrons. The van der Waals surface area contributed by atoms with Gasteiger partial charge in [0.25, 0.3) is 0 Å². The lowest BCUT2D eigenvalue weighted by molar-refractivity contribution is 0.0947. The third-order valence-corrected chi connectivity index (χ3v) is 2.83.